The van der Waals surface area contributed by atoms with E-state index in [1.165, 1.54) is 18.5 Å². The van der Waals surface area contributed by atoms with Gasteiger partial charge in [-0.2, -0.15) is 8.78 Å². The topological polar surface area (TPSA) is 133 Å². The molecule has 0 saturated carbocycles. The van der Waals surface area contributed by atoms with Gasteiger partial charge in [-0.05, 0) is 37.6 Å². The number of benzene rings is 1. The van der Waals surface area contributed by atoms with Crippen LogP contribution in [0.1, 0.15) is 30.9 Å². The molecular weight excluding hydrogens is 658 g/mol. The number of carbonyl (C=O) groups is 1. The molecule has 5 N–H and O–H groups in total. The van der Waals surface area contributed by atoms with Gasteiger partial charge in [0.15, 0.2) is 11.6 Å². The molecule has 3 aromatic heterocycles. The van der Waals surface area contributed by atoms with Crippen LogP contribution in [0.4, 0.5) is 24.7 Å². The summed E-state index contributed by atoms with van der Waals surface area (Å²) in [6.07, 6.45) is 3.51. The van der Waals surface area contributed by atoms with Gasteiger partial charge in [-0.15, -0.1) is 0 Å². The standard InChI is InChI=1S/C32H32Cl2F3N7O3/c1-17(45)13-38-14-18-9-11-41-30(28(18)35)43-24-4-2-3-22(26(24)33)29-27(34)21(10-12-40-29)23-7-5-19(31(44-23)47-32(36)37)15-39-16-20-6-8-25(46)42-20/h2-5,7,9-12,17,20,32,38-39,45H,6,8,13-16H2,1H3,(H,41,43)(H,42,46)/t17-,20-/m1/s1. The van der Waals surface area contributed by atoms with Crippen molar-refractivity contribution in [1.29, 1.82) is 0 Å². The molecule has 0 radical (unpaired) electrons. The number of amides is 1. The van der Waals surface area contributed by atoms with Crippen LogP contribution in [0.5, 0.6) is 5.88 Å². The maximum atomic E-state index is 15.2. The molecule has 1 aromatic carbocycles. The van der Waals surface area contributed by atoms with E-state index < -0.39 is 18.5 Å². The lowest BCUT2D eigenvalue weighted by Crippen LogP contribution is -2.35. The van der Waals surface area contributed by atoms with E-state index in [-0.39, 0.29) is 58.2 Å². The molecular formula is C32H32Cl2F3N7O3. The maximum Gasteiger partial charge on any atom is 0.388 e. The minimum Gasteiger partial charge on any atom is -0.417 e. The Morgan fingerprint density at radius 3 is 2.55 bits per heavy atom. The Morgan fingerprint density at radius 1 is 1.02 bits per heavy atom. The SMILES string of the molecule is C[C@@H](O)CNCc1ccnc(Nc2cccc(-c3nccc(-c4ccc(CNC[C@H]5CCC(=O)N5)c(OC(F)F)n4)c3Cl)c2Cl)c1F. The Balaban J connectivity index is 1.38. The summed E-state index contributed by atoms with van der Waals surface area (Å²) in [6, 6.07) is 11.4. The van der Waals surface area contributed by atoms with Gasteiger partial charge in [0.1, 0.15) is 0 Å². The van der Waals surface area contributed by atoms with Crippen LogP contribution in [0.2, 0.25) is 10.0 Å². The van der Waals surface area contributed by atoms with E-state index in [0.29, 0.717) is 53.9 Å². The van der Waals surface area contributed by atoms with Gasteiger partial charge in [0.25, 0.3) is 0 Å². The molecule has 0 bridgehead atoms. The summed E-state index contributed by atoms with van der Waals surface area (Å²) in [5.74, 6) is -0.914. The number of halogens is 5. The van der Waals surface area contributed by atoms with Gasteiger partial charge in [-0.25, -0.2) is 14.4 Å². The number of aliphatic hydroxyl groups excluding tert-OH is 1. The number of aromatic nitrogens is 3. The lowest BCUT2D eigenvalue weighted by molar-refractivity contribution is -0.119. The Kier molecular flexibility index (Phi) is 11.5. The summed E-state index contributed by atoms with van der Waals surface area (Å²) in [7, 11) is 0. The van der Waals surface area contributed by atoms with Gasteiger partial charge >= 0.3 is 6.61 Å². The summed E-state index contributed by atoms with van der Waals surface area (Å²) >= 11 is 13.6. The highest BCUT2D eigenvalue weighted by Gasteiger charge is 2.22. The first-order chi connectivity index (χ1) is 22.6. The van der Waals surface area contributed by atoms with Crippen molar-refractivity contribution in [2.45, 2.75) is 51.6 Å². The number of aliphatic hydroxyl groups is 1. The van der Waals surface area contributed by atoms with E-state index in [1.54, 1.807) is 43.3 Å². The molecule has 4 heterocycles. The average Bonchev–Trinajstić information content (AvgIpc) is 3.45. The monoisotopic (exact) mass is 689 g/mol. The third-order valence-electron chi connectivity index (χ3n) is 7.33. The zero-order chi connectivity index (χ0) is 33.5. The zero-order valence-corrected chi connectivity index (χ0v) is 26.7. The van der Waals surface area contributed by atoms with Crippen molar-refractivity contribution in [2.75, 3.05) is 18.4 Å². The molecule has 10 nitrogen and oxygen atoms in total. The Labute approximate surface area is 279 Å². The molecule has 2 atom stereocenters. The highest BCUT2D eigenvalue weighted by molar-refractivity contribution is 6.39. The van der Waals surface area contributed by atoms with Crippen molar-refractivity contribution < 1.29 is 27.8 Å². The average molecular weight is 691 g/mol. The first-order valence-corrected chi connectivity index (χ1v) is 15.5. The normalized spacial score (nSPS) is 15.1. The Bertz CT molecular complexity index is 1730. The molecule has 1 amide bonds. The lowest BCUT2D eigenvalue weighted by atomic mass is 10.1. The minimum atomic E-state index is -3.11. The van der Waals surface area contributed by atoms with Gasteiger partial charge < -0.3 is 31.1 Å². The van der Waals surface area contributed by atoms with Crippen LogP contribution in [0.3, 0.4) is 0 Å². The largest absolute Gasteiger partial charge is 0.417 e. The molecule has 0 aliphatic carbocycles. The molecule has 47 heavy (non-hydrogen) atoms. The first-order valence-electron chi connectivity index (χ1n) is 14.8. The van der Waals surface area contributed by atoms with Gasteiger partial charge in [-0.3, -0.25) is 9.78 Å². The fourth-order valence-corrected chi connectivity index (χ4v) is 5.62. The highest BCUT2D eigenvalue weighted by Crippen LogP contribution is 2.41. The predicted octanol–water partition coefficient (Wildman–Crippen LogP) is 5.84. The Morgan fingerprint density at radius 2 is 1.81 bits per heavy atom. The second kappa shape index (κ2) is 15.7. The fraction of sp³-hybridized carbons (Fsp3) is 0.312. The van der Waals surface area contributed by atoms with Gasteiger partial charge in [0.05, 0.1) is 33.2 Å². The van der Waals surface area contributed by atoms with E-state index in [2.05, 4.69) is 36.2 Å². The van der Waals surface area contributed by atoms with Crippen LogP contribution in [-0.4, -0.2) is 57.8 Å². The number of ether oxygens (including phenoxy) is 1. The van der Waals surface area contributed by atoms with Crippen molar-refractivity contribution in [3.8, 4) is 28.4 Å². The molecule has 5 rings (SSSR count). The summed E-state index contributed by atoms with van der Waals surface area (Å²) in [5.41, 5.74) is 2.44. The van der Waals surface area contributed by atoms with E-state index in [0.717, 1.165) is 0 Å². The van der Waals surface area contributed by atoms with Crippen molar-refractivity contribution in [1.82, 2.24) is 30.9 Å². The number of anilines is 2. The molecule has 0 unspecified atom stereocenters. The second-order valence-electron chi connectivity index (χ2n) is 10.9. The van der Waals surface area contributed by atoms with Crippen molar-refractivity contribution in [3.05, 3.63) is 81.8 Å². The molecule has 1 aliphatic rings. The third kappa shape index (κ3) is 8.67. The lowest BCUT2D eigenvalue weighted by Gasteiger charge is -2.16. The summed E-state index contributed by atoms with van der Waals surface area (Å²) in [4.78, 5) is 24.3. The number of pyridine rings is 3. The first kappa shape index (κ1) is 34.3. The molecule has 248 valence electrons. The maximum absolute atomic E-state index is 15.2. The van der Waals surface area contributed by atoms with Gasteiger partial charge in [0, 0.05) is 73.3 Å². The van der Waals surface area contributed by atoms with Gasteiger partial charge in [0.2, 0.25) is 11.8 Å². The summed E-state index contributed by atoms with van der Waals surface area (Å²) in [6.45, 7) is -0.353. The van der Waals surface area contributed by atoms with Crippen molar-refractivity contribution in [2.24, 2.45) is 0 Å². The zero-order valence-electron chi connectivity index (χ0n) is 25.2. The number of hydrogen-bond donors (Lipinski definition) is 5. The third-order valence-corrected chi connectivity index (χ3v) is 8.12. The quantitative estimate of drug-likeness (QED) is 0.111. The Hall–Kier alpha value is -4.01. The summed E-state index contributed by atoms with van der Waals surface area (Å²) in [5, 5.41) is 21.7. The van der Waals surface area contributed by atoms with Crippen molar-refractivity contribution in [3.63, 3.8) is 0 Å². The van der Waals surface area contributed by atoms with E-state index in [9.17, 15) is 18.7 Å². The highest BCUT2D eigenvalue weighted by atomic mass is 35.5. The van der Waals surface area contributed by atoms with Crippen LogP contribution in [0, 0.1) is 5.82 Å². The van der Waals surface area contributed by atoms with Crippen LogP contribution >= 0.6 is 23.2 Å². The number of rotatable bonds is 14. The molecule has 15 heteroatoms. The van der Waals surface area contributed by atoms with Crippen LogP contribution in [0.25, 0.3) is 22.5 Å². The molecule has 0 spiro atoms. The number of hydrogen-bond acceptors (Lipinski definition) is 9. The number of carbonyl (C=O) groups excluding carboxylic acids is 1. The van der Waals surface area contributed by atoms with Crippen LogP contribution in [-0.2, 0) is 17.9 Å². The minimum absolute atomic E-state index is 0.0168. The fourth-order valence-electron chi connectivity index (χ4n) is 5.04. The van der Waals surface area contributed by atoms with Crippen LogP contribution in [0.15, 0.2) is 54.9 Å². The number of nitrogens with zero attached hydrogens (tertiary/aromatic N) is 3. The van der Waals surface area contributed by atoms with Crippen molar-refractivity contribution >= 4 is 40.6 Å². The van der Waals surface area contributed by atoms with E-state index in [1.807, 2.05) is 0 Å². The van der Waals surface area contributed by atoms with E-state index in [4.69, 9.17) is 27.9 Å². The molecule has 1 aliphatic heterocycles. The predicted molar refractivity (Wildman–Crippen MR) is 173 cm³/mol. The molecule has 1 saturated heterocycles. The number of nitrogens with one attached hydrogen (secondary N) is 4. The van der Waals surface area contributed by atoms with Crippen LogP contribution < -0.4 is 26.0 Å². The summed E-state index contributed by atoms with van der Waals surface area (Å²) < 4.78 is 46.7. The smallest absolute Gasteiger partial charge is 0.388 e. The van der Waals surface area contributed by atoms with Gasteiger partial charge in [-0.1, -0.05) is 41.4 Å². The molecule has 4 aromatic rings. The number of alkyl halides is 2. The second-order valence-corrected chi connectivity index (χ2v) is 11.7. The molecule has 1 fully saturated rings. The van der Waals surface area contributed by atoms with E-state index >= 15 is 4.39 Å².